The molecule has 1 atom stereocenters. The Bertz CT molecular complexity index is 1320. The number of H-pyrrole nitrogens is 1. The van der Waals surface area contributed by atoms with E-state index in [1.807, 2.05) is 6.20 Å². The van der Waals surface area contributed by atoms with Crippen molar-refractivity contribution in [2.45, 2.75) is 31.8 Å². The van der Waals surface area contributed by atoms with Gasteiger partial charge in [0.05, 0.1) is 0 Å². The van der Waals surface area contributed by atoms with E-state index >= 15 is 0 Å². The lowest BCUT2D eigenvalue weighted by molar-refractivity contribution is -0.124. The van der Waals surface area contributed by atoms with Crippen LogP contribution in [0.2, 0.25) is 0 Å². The van der Waals surface area contributed by atoms with Gasteiger partial charge in [-0.15, -0.1) is 0 Å². The van der Waals surface area contributed by atoms with Crippen molar-refractivity contribution in [3.05, 3.63) is 101 Å². The molecule has 6 nitrogen and oxygen atoms in total. The molecule has 2 heterocycles. The predicted octanol–water partition coefficient (Wildman–Crippen LogP) is 4.76. The minimum Gasteiger partial charge on any atom is -0.367 e. The highest BCUT2D eigenvalue weighted by Crippen LogP contribution is 2.37. The van der Waals surface area contributed by atoms with Crippen LogP contribution in [0.1, 0.15) is 40.3 Å². The van der Waals surface area contributed by atoms with Gasteiger partial charge < -0.3 is 9.55 Å². The molecule has 6 heteroatoms. The smallest absolute Gasteiger partial charge is 0.267 e. The maximum absolute atomic E-state index is 11.3. The summed E-state index contributed by atoms with van der Waals surface area (Å²) in [6, 6.07) is 17.5. The minimum atomic E-state index is -0.524. The lowest BCUT2D eigenvalue weighted by Gasteiger charge is -2.29. The molecule has 0 radical (unpaired) electrons. The summed E-state index contributed by atoms with van der Waals surface area (Å²) in [5.41, 5.74) is 9.26. The summed E-state index contributed by atoms with van der Waals surface area (Å²) in [6.07, 6.45) is 12.5. The van der Waals surface area contributed by atoms with Crippen LogP contribution < -0.4 is 5.48 Å². The van der Waals surface area contributed by atoms with Gasteiger partial charge in [0.25, 0.3) is 5.91 Å². The number of hydrogen-bond donors (Lipinski definition) is 3. The van der Waals surface area contributed by atoms with Gasteiger partial charge in [0.15, 0.2) is 0 Å². The summed E-state index contributed by atoms with van der Waals surface area (Å²) < 4.78 is 2.22. The number of nitrogens with one attached hydrogen (secondary N) is 2. The van der Waals surface area contributed by atoms with Gasteiger partial charge >= 0.3 is 0 Å². The molecule has 1 amide bonds. The van der Waals surface area contributed by atoms with E-state index in [-0.39, 0.29) is 0 Å². The summed E-state index contributed by atoms with van der Waals surface area (Å²) in [4.78, 5) is 17.1. The largest absolute Gasteiger partial charge is 0.367 e. The molecule has 1 unspecified atom stereocenters. The molecule has 174 valence electrons. The molecule has 4 aromatic rings. The molecule has 0 bridgehead atoms. The van der Waals surface area contributed by atoms with E-state index in [1.54, 1.807) is 11.6 Å². The highest BCUT2D eigenvalue weighted by atomic mass is 16.5. The fourth-order valence-electron chi connectivity index (χ4n) is 5.23. The molecular formula is C28H30N4O2. The molecule has 0 saturated carbocycles. The zero-order chi connectivity index (χ0) is 23.5. The summed E-state index contributed by atoms with van der Waals surface area (Å²) >= 11 is 0. The first-order valence-corrected chi connectivity index (χ1v) is 11.8. The zero-order valence-electron chi connectivity index (χ0n) is 19.4. The zero-order valence-corrected chi connectivity index (χ0v) is 19.4. The normalized spacial score (nSPS) is 15.4. The molecule has 1 aliphatic carbocycles. The van der Waals surface area contributed by atoms with Gasteiger partial charge in [-0.05, 0) is 65.3 Å². The Balaban J connectivity index is 1.39. The summed E-state index contributed by atoms with van der Waals surface area (Å²) in [6.45, 7) is 1.87. The molecule has 0 spiro atoms. The first-order chi connectivity index (χ1) is 16.6. The molecule has 2 aromatic carbocycles. The second-order valence-electron chi connectivity index (χ2n) is 9.04. The van der Waals surface area contributed by atoms with Crippen molar-refractivity contribution in [2.75, 3.05) is 6.54 Å². The molecule has 0 aliphatic heterocycles. The van der Waals surface area contributed by atoms with Crippen molar-refractivity contribution in [2.24, 2.45) is 7.05 Å². The van der Waals surface area contributed by atoms with E-state index in [0.29, 0.717) is 6.04 Å². The van der Waals surface area contributed by atoms with Crippen molar-refractivity contribution >= 4 is 22.9 Å². The van der Waals surface area contributed by atoms with Crippen molar-refractivity contribution in [3.8, 4) is 0 Å². The third-order valence-electron chi connectivity index (χ3n) is 6.89. The molecule has 0 saturated heterocycles. The summed E-state index contributed by atoms with van der Waals surface area (Å²) in [5, 5.41) is 10.0. The number of aromatic nitrogens is 2. The number of benzene rings is 2. The quantitative estimate of drug-likeness (QED) is 0.204. The van der Waals surface area contributed by atoms with Crippen LogP contribution in [0.25, 0.3) is 17.0 Å². The number of para-hydroxylation sites is 1. The van der Waals surface area contributed by atoms with E-state index in [1.165, 1.54) is 39.2 Å². The van der Waals surface area contributed by atoms with Gasteiger partial charge in [0.1, 0.15) is 0 Å². The minimum absolute atomic E-state index is 0.360. The Morgan fingerprint density at radius 2 is 2.15 bits per heavy atom. The number of hydroxylamine groups is 1. The van der Waals surface area contributed by atoms with Crippen LogP contribution in [0.3, 0.4) is 0 Å². The van der Waals surface area contributed by atoms with Gasteiger partial charge in [-0.3, -0.25) is 14.9 Å². The number of aryl methyl sites for hydroxylation is 2. The van der Waals surface area contributed by atoms with Crippen molar-refractivity contribution in [3.63, 3.8) is 0 Å². The molecular weight excluding hydrogens is 424 g/mol. The number of fused-ring (bicyclic) bond motifs is 2. The maximum Gasteiger partial charge on any atom is 0.267 e. The van der Waals surface area contributed by atoms with Crippen LogP contribution in [-0.2, 0) is 31.2 Å². The molecule has 0 fully saturated rings. The topological polar surface area (TPSA) is 73.3 Å². The lowest BCUT2D eigenvalue weighted by Crippen LogP contribution is -2.29. The van der Waals surface area contributed by atoms with Gasteiger partial charge in [0.2, 0.25) is 0 Å². The lowest BCUT2D eigenvalue weighted by atomic mass is 10.0. The van der Waals surface area contributed by atoms with Gasteiger partial charge in [-0.2, -0.15) is 0 Å². The second kappa shape index (κ2) is 9.71. The van der Waals surface area contributed by atoms with Gasteiger partial charge in [0, 0.05) is 61.7 Å². The fourth-order valence-corrected chi connectivity index (χ4v) is 5.23. The number of rotatable bonds is 8. The van der Waals surface area contributed by atoms with Crippen molar-refractivity contribution in [1.82, 2.24) is 19.9 Å². The Kier molecular flexibility index (Phi) is 6.34. The number of aromatic amines is 1. The number of amides is 1. The molecule has 3 N–H and O–H groups in total. The van der Waals surface area contributed by atoms with Gasteiger partial charge in [-0.1, -0.05) is 36.4 Å². The molecule has 5 rings (SSSR count). The van der Waals surface area contributed by atoms with Gasteiger partial charge in [-0.25, -0.2) is 5.48 Å². The Labute approximate surface area is 199 Å². The van der Waals surface area contributed by atoms with Crippen LogP contribution >= 0.6 is 0 Å². The standard InChI is InChI=1S/C28H30N4O2/c1-31-19-23(24-4-2-3-5-26(24)31)13-15-32(18-21-12-14-29-17-21)27-10-8-22-16-20(6-9-25(22)27)7-11-28(33)30-34/h2-7,9,11-12,14,16-17,19,27,29,34H,8,10,13,15,18H2,1H3,(H,30,33). The second-order valence-corrected chi connectivity index (χ2v) is 9.04. The highest BCUT2D eigenvalue weighted by Gasteiger charge is 2.28. The predicted molar refractivity (Wildman–Crippen MR) is 134 cm³/mol. The first kappa shape index (κ1) is 22.2. The van der Waals surface area contributed by atoms with E-state index in [4.69, 9.17) is 5.21 Å². The number of nitrogens with zero attached hydrogens (tertiary/aromatic N) is 2. The average Bonchev–Trinajstić information content (AvgIpc) is 3.60. The number of hydrogen-bond acceptors (Lipinski definition) is 3. The highest BCUT2D eigenvalue weighted by molar-refractivity contribution is 5.90. The van der Waals surface area contributed by atoms with E-state index in [2.05, 4.69) is 82.4 Å². The Hall–Kier alpha value is -3.61. The molecule has 1 aliphatic rings. The summed E-state index contributed by atoms with van der Waals surface area (Å²) in [7, 11) is 2.12. The van der Waals surface area contributed by atoms with Crippen molar-refractivity contribution < 1.29 is 10.0 Å². The fraction of sp³-hybridized carbons (Fsp3) is 0.250. The Morgan fingerprint density at radius 1 is 1.26 bits per heavy atom. The van der Waals surface area contributed by atoms with Crippen LogP contribution in [-0.4, -0.2) is 32.1 Å². The van der Waals surface area contributed by atoms with E-state index < -0.39 is 5.91 Å². The Morgan fingerprint density at radius 3 is 2.97 bits per heavy atom. The van der Waals surface area contributed by atoms with E-state index in [9.17, 15) is 4.79 Å². The van der Waals surface area contributed by atoms with Crippen LogP contribution in [0.4, 0.5) is 0 Å². The SMILES string of the molecule is Cn1cc(CCN(Cc2cc[nH]c2)C2CCc3cc(C=CC(=O)NO)ccc32)c2ccccc21. The number of carbonyl (C=O) groups excluding carboxylic acids is 1. The van der Waals surface area contributed by atoms with Crippen LogP contribution in [0.15, 0.2) is 73.2 Å². The number of carbonyl (C=O) groups is 1. The van der Waals surface area contributed by atoms with E-state index in [0.717, 1.165) is 37.9 Å². The average molecular weight is 455 g/mol. The van der Waals surface area contributed by atoms with Crippen LogP contribution in [0, 0.1) is 0 Å². The summed E-state index contributed by atoms with van der Waals surface area (Å²) in [5.74, 6) is -0.524. The first-order valence-electron chi connectivity index (χ1n) is 11.8. The third-order valence-corrected chi connectivity index (χ3v) is 6.89. The third kappa shape index (κ3) is 4.55. The molecule has 34 heavy (non-hydrogen) atoms. The molecule has 2 aromatic heterocycles. The maximum atomic E-state index is 11.3. The van der Waals surface area contributed by atoms with Crippen molar-refractivity contribution in [1.29, 1.82) is 0 Å². The van der Waals surface area contributed by atoms with Crippen LogP contribution in [0.5, 0.6) is 0 Å². The monoisotopic (exact) mass is 454 g/mol.